The van der Waals surface area contributed by atoms with Crippen LogP contribution in [-0.4, -0.2) is 12.1 Å². The lowest BCUT2D eigenvalue weighted by molar-refractivity contribution is 0.772. The number of amidine groups is 1. The van der Waals surface area contributed by atoms with Gasteiger partial charge in [-0.2, -0.15) is 0 Å². The summed E-state index contributed by atoms with van der Waals surface area (Å²) in [5, 5.41) is 9.13. The molecule has 2 aliphatic carbocycles. The first-order valence-electron chi connectivity index (χ1n) is 17.9. The van der Waals surface area contributed by atoms with Gasteiger partial charge in [0, 0.05) is 18.3 Å². The summed E-state index contributed by atoms with van der Waals surface area (Å²) in [5.74, 6) is 1.29. The molecule has 0 aromatic heterocycles. The molecule has 0 spiro atoms. The molecular formula is C47H39N3. The normalized spacial score (nSPS) is 19.8. The molecule has 0 amide bonds. The predicted octanol–water partition coefficient (Wildman–Crippen LogP) is 9.73. The Balaban J connectivity index is 1.08. The van der Waals surface area contributed by atoms with E-state index in [1.54, 1.807) is 0 Å². The Bertz CT molecular complexity index is 2430. The quantitative estimate of drug-likeness (QED) is 0.196. The van der Waals surface area contributed by atoms with E-state index in [1.807, 2.05) is 12.4 Å². The molecule has 2 heterocycles. The molecule has 3 heteroatoms. The van der Waals surface area contributed by atoms with Crippen molar-refractivity contribution in [2.45, 2.75) is 44.1 Å². The zero-order chi connectivity index (χ0) is 33.3. The average molecular weight is 646 g/mol. The largest absolute Gasteiger partial charge is 0.359 e. The number of aliphatic imine (C=N–C) groups is 2. The van der Waals surface area contributed by atoms with Gasteiger partial charge in [-0.05, 0) is 116 Å². The summed E-state index contributed by atoms with van der Waals surface area (Å²) in [6, 6.07) is 42.0. The van der Waals surface area contributed by atoms with E-state index < -0.39 is 0 Å². The number of nitrogens with one attached hydrogen (secondary N) is 1. The molecule has 0 saturated carbocycles. The molecule has 242 valence electrons. The molecule has 5 aromatic carbocycles. The van der Waals surface area contributed by atoms with Crippen molar-refractivity contribution in [1.82, 2.24) is 5.32 Å². The van der Waals surface area contributed by atoms with Crippen LogP contribution in [0.1, 0.15) is 60.8 Å². The molecule has 2 aliphatic heterocycles. The highest BCUT2D eigenvalue weighted by molar-refractivity contribution is 6.03. The van der Waals surface area contributed by atoms with Crippen molar-refractivity contribution >= 4 is 40.2 Å². The van der Waals surface area contributed by atoms with Crippen LogP contribution in [0, 0.1) is 0 Å². The van der Waals surface area contributed by atoms with Crippen molar-refractivity contribution in [1.29, 1.82) is 0 Å². The Morgan fingerprint density at radius 2 is 1.44 bits per heavy atom. The van der Waals surface area contributed by atoms with E-state index in [4.69, 9.17) is 4.99 Å². The lowest BCUT2D eigenvalue weighted by Crippen LogP contribution is -2.32. The minimum atomic E-state index is -0.0189. The smallest absolute Gasteiger partial charge is 0.130 e. The third-order valence-corrected chi connectivity index (χ3v) is 10.5. The molecule has 0 radical (unpaired) electrons. The first kappa shape index (κ1) is 30.3. The van der Waals surface area contributed by atoms with Gasteiger partial charge in [-0.15, -0.1) is 0 Å². The first-order chi connectivity index (χ1) is 24.7. The van der Waals surface area contributed by atoms with E-state index in [2.05, 4.69) is 156 Å². The Labute approximate surface area is 293 Å². The number of benzene rings is 5. The second kappa shape index (κ2) is 13.2. The Kier molecular flexibility index (Phi) is 8.02. The van der Waals surface area contributed by atoms with Crippen LogP contribution in [0.25, 0.3) is 39.2 Å². The van der Waals surface area contributed by atoms with Gasteiger partial charge < -0.3 is 5.32 Å². The minimum absolute atomic E-state index is 0.0189. The number of fused-ring (bicyclic) bond motifs is 2. The third-order valence-electron chi connectivity index (χ3n) is 10.5. The van der Waals surface area contributed by atoms with Gasteiger partial charge in [0.1, 0.15) is 5.84 Å². The van der Waals surface area contributed by atoms with E-state index in [1.165, 1.54) is 60.2 Å². The number of hydrogen-bond donors (Lipinski definition) is 1. The van der Waals surface area contributed by atoms with Crippen molar-refractivity contribution < 1.29 is 0 Å². The Hall–Kier alpha value is -5.80. The van der Waals surface area contributed by atoms with Crippen LogP contribution >= 0.6 is 0 Å². The van der Waals surface area contributed by atoms with Gasteiger partial charge in [0.25, 0.3) is 0 Å². The molecule has 0 bridgehead atoms. The van der Waals surface area contributed by atoms with Crippen molar-refractivity contribution in [3.63, 3.8) is 0 Å². The van der Waals surface area contributed by atoms with Crippen LogP contribution in [0.2, 0.25) is 0 Å². The van der Waals surface area contributed by atoms with E-state index in [0.717, 1.165) is 49.2 Å². The maximum absolute atomic E-state index is 5.30. The molecule has 0 fully saturated rings. The number of rotatable bonds is 6. The van der Waals surface area contributed by atoms with Crippen LogP contribution in [0.5, 0.6) is 0 Å². The van der Waals surface area contributed by atoms with Crippen molar-refractivity contribution in [3.8, 4) is 11.1 Å². The second-order valence-electron chi connectivity index (χ2n) is 13.7. The summed E-state index contributed by atoms with van der Waals surface area (Å²) in [5.41, 5.74) is 11.3. The Morgan fingerprint density at radius 1 is 0.640 bits per heavy atom. The fourth-order valence-corrected chi connectivity index (χ4v) is 7.80. The van der Waals surface area contributed by atoms with Gasteiger partial charge in [0.05, 0.1) is 11.7 Å². The number of allylic oxidation sites excluding steroid dienone is 4. The topological polar surface area (TPSA) is 36.8 Å². The number of nitrogens with zero attached hydrogens (tertiary/aromatic N) is 2. The van der Waals surface area contributed by atoms with Crippen LogP contribution in [0.15, 0.2) is 167 Å². The van der Waals surface area contributed by atoms with Gasteiger partial charge >= 0.3 is 0 Å². The molecular weight excluding hydrogens is 607 g/mol. The lowest BCUT2D eigenvalue weighted by Gasteiger charge is -2.27. The second-order valence-corrected chi connectivity index (χ2v) is 13.7. The fourth-order valence-electron chi connectivity index (χ4n) is 7.80. The third kappa shape index (κ3) is 6.01. The zero-order valence-electron chi connectivity index (χ0n) is 28.1. The highest BCUT2D eigenvalue weighted by atomic mass is 15.0. The van der Waals surface area contributed by atoms with Crippen LogP contribution in [0.4, 0.5) is 0 Å². The summed E-state index contributed by atoms with van der Waals surface area (Å²) in [7, 11) is 0. The van der Waals surface area contributed by atoms with Crippen LogP contribution < -0.4 is 15.8 Å². The number of hydrogen-bond acceptors (Lipinski definition) is 3. The summed E-state index contributed by atoms with van der Waals surface area (Å²) in [6.07, 6.45) is 20.6. The minimum Gasteiger partial charge on any atom is -0.359 e. The van der Waals surface area contributed by atoms with E-state index in [-0.39, 0.29) is 6.04 Å². The van der Waals surface area contributed by atoms with Crippen molar-refractivity contribution in [2.24, 2.45) is 9.98 Å². The summed E-state index contributed by atoms with van der Waals surface area (Å²) < 4.78 is 0. The SMILES string of the molecule is C1=CN=CC(c2ccc(C3=CC(c4cccc(-c5ccc6ccccc6c5)c4)NC(C4=CC=C(C5=c6ccccc6=CCC5)CC4)=N3)cc2)C1. The van der Waals surface area contributed by atoms with Crippen LogP contribution in [-0.2, 0) is 0 Å². The van der Waals surface area contributed by atoms with Gasteiger partial charge in [0.2, 0.25) is 0 Å². The van der Waals surface area contributed by atoms with E-state index in [9.17, 15) is 0 Å². The molecule has 5 aromatic rings. The molecule has 0 saturated heterocycles. The highest BCUT2D eigenvalue weighted by Crippen LogP contribution is 2.34. The van der Waals surface area contributed by atoms with E-state index in [0.29, 0.717) is 5.92 Å². The molecule has 9 rings (SSSR count). The maximum Gasteiger partial charge on any atom is 0.130 e. The maximum atomic E-state index is 5.30. The van der Waals surface area contributed by atoms with Crippen LogP contribution in [0.3, 0.4) is 0 Å². The zero-order valence-corrected chi connectivity index (χ0v) is 28.1. The average Bonchev–Trinajstić information content (AvgIpc) is 3.21. The van der Waals surface area contributed by atoms with Gasteiger partial charge in [-0.3, -0.25) is 4.99 Å². The van der Waals surface area contributed by atoms with Crippen molar-refractivity contribution in [3.05, 3.63) is 184 Å². The summed E-state index contributed by atoms with van der Waals surface area (Å²) >= 11 is 0. The summed E-state index contributed by atoms with van der Waals surface area (Å²) in [4.78, 5) is 9.68. The molecule has 3 nitrogen and oxygen atoms in total. The predicted molar refractivity (Wildman–Crippen MR) is 210 cm³/mol. The van der Waals surface area contributed by atoms with Gasteiger partial charge in [0.15, 0.2) is 0 Å². The first-order valence-corrected chi connectivity index (χ1v) is 17.9. The molecule has 4 aliphatic rings. The monoisotopic (exact) mass is 645 g/mol. The fraction of sp³-hybridized carbons (Fsp3) is 0.149. The standard InChI is InChI=1S/C47H39N3/c1-2-10-38-28-40(26-19-32(38)8-1)39-12-5-13-41(29-39)46-30-45(36-22-17-33(18-23-36)42-14-7-27-48-31-42)49-47(50-46)37-24-20-35(21-25-37)44-16-6-11-34-9-3-4-15-43(34)44/h1-5,7-13,15,17-20,22-24,26-31,42,46H,6,14,16,21,25H2,(H,49,50). The van der Waals surface area contributed by atoms with Crippen molar-refractivity contribution in [2.75, 3.05) is 0 Å². The molecule has 2 unspecified atom stereocenters. The highest BCUT2D eigenvalue weighted by Gasteiger charge is 2.23. The van der Waals surface area contributed by atoms with E-state index >= 15 is 0 Å². The Morgan fingerprint density at radius 3 is 2.30 bits per heavy atom. The molecule has 2 atom stereocenters. The molecule has 50 heavy (non-hydrogen) atoms. The summed E-state index contributed by atoms with van der Waals surface area (Å²) in [6.45, 7) is 0. The van der Waals surface area contributed by atoms with Gasteiger partial charge in [-0.1, -0.05) is 127 Å². The van der Waals surface area contributed by atoms with Gasteiger partial charge in [-0.25, -0.2) is 4.99 Å². The molecule has 1 N–H and O–H groups in total. The lowest BCUT2D eigenvalue weighted by atomic mass is 9.86.